The average Bonchev–Trinajstić information content (AvgIpc) is 3.02. The van der Waals surface area contributed by atoms with E-state index in [0.29, 0.717) is 18.1 Å². The first-order chi connectivity index (χ1) is 11.3. The van der Waals surface area contributed by atoms with E-state index in [-0.39, 0.29) is 12.5 Å². The molecule has 1 N–H and O–H groups in total. The molecule has 0 radical (unpaired) electrons. The zero-order chi connectivity index (χ0) is 16.1. The number of fused-ring (bicyclic) bond motifs is 1. The van der Waals surface area contributed by atoms with Crippen molar-refractivity contribution >= 4 is 11.6 Å². The summed E-state index contributed by atoms with van der Waals surface area (Å²) < 4.78 is 11.1. The fourth-order valence-electron chi connectivity index (χ4n) is 2.83. The Balaban J connectivity index is 1.58. The van der Waals surface area contributed by atoms with Gasteiger partial charge in [0.25, 0.3) is 5.91 Å². The molecule has 2 aromatic rings. The molecule has 4 nitrogen and oxygen atoms in total. The first-order valence-electron chi connectivity index (χ1n) is 8.02. The Bertz CT molecular complexity index is 697. The molecule has 2 aromatic carbocycles. The predicted molar refractivity (Wildman–Crippen MR) is 90.2 cm³/mol. The molecule has 0 bridgehead atoms. The molecule has 1 aliphatic carbocycles. The van der Waals surface area contributed by atoms with E-state index >= 15 is 0 Å². The molecule has 0 spiro atoms. The highest BCUT2D eigenvalue weighted by atomic mass is 16.5. The summed E-state index contributed by atoms with van der Waals surface area (Å²) in [5.74, 6) is 1.06. The van der Waals surface area contributed by atoms with Gasteiger partial charge in [-0.25, -0.2) is 0 Å². The van der Waals surface area contributed by atoms with E-state index in [1.165, 1.54) is 17.5 Å². The quantitative estimate of drug-likeness (QED) is 0.887. The summed E-state index contributed by atoms with van der Waals surface area (Å²) in [4.78, 5) is 12.1. The van der Waals surface area contributed by atoms with Crippen LogP contribution in [0.15, 0.2) is 42.5 Å². The molecule has 1 aliphatic rings. The highest BCUT2D eigenvalue weighted by Crippen LogP contribution is 2.27. The van der Waals surface area contributed by atoms with Crippen molar-refractivity contribution in [2.75, 3.05) is 18.5 Å². The van der Waals surface area contributed by atoms with Crippen LogP contribution in [-0.4, -0.2) is 19.1 Å². The minimum Gasteiger partial charge on any atom is -0.490 e. The number of para-hydroxylation sites is 2. The maximum atomic E-state index is 12.1. The smallest absolute Gasteiger partial charge is 0.262 e. The van der Waals surface area contributed by atoms with Gasteiger partial charge >= 0.3 is 0 Å². The SMILES string of the molecule is CCOc1ccccc1OCC(=O)Nc1ccc2c(c1)CCC2. The van der Waals surface area contributed by atoms with Crippen LogP contribution < -0.4 is 14.8 Å². The molecule has 0 aromatic heterocycles. The van der Waals surface area contributed by atoms with Gasteiger partial charge in [-0.1, -0.05) is 18.2 Å². The largest absolute Gasteiger partial charge is 0.490 e. The molecular weight excluding hydrogens is 290 g/mol. The minimum absolute atomic E-state index is 0.0405. The molecule has 4 heteroatoms. The number of benzene rings is 2. The normalized spacial score (nSPS) is 12.6. The summed E-state index contributed by atoms with van der Waals surface area (Å²) in [7, 11) is 0. The molecule has 0 saturated heterocycles. The molecule has 3 rings (SSSR count). The maximum absolute atomic E-state index is 12.1. The third-order valence-electron chi connectivity index (χ3n) is 3.89. The minimum atomic E-state index is -0.172. The zero-order valence-electron chi connectivity index (χ0n) is 13.3. The summed E-state index contributed by atoms with van der Waals surface area (Å²) in [5.41, 5.74) is 3.56. The van der Waals surface area contributed by atoms with Gasteiger partial charge in [-0.2, -0.15) is 0 Å². The number of hydrogen-bond acceptors (Lipinski definition) is 3. The van der Waals surface area contributed by atoms with Crippen molar-refractivity contribution < 1.29 is 14.3 Å². The lowest BCUT2D eigenvalue weighted by Gasteiger charge is -2.12. The third-order valence-corrected chi connectivity index (χ3v) is 3.89. The van der Waals surface area contributed by atoms with Crippen molar-refractivity contribution in [2.24, 2.45) is 0 Å². The first-order valence-corrected chi connectivity index (χ1v) is 8.02. The molecule has 0 atom stereocenters. The topological polar surface area (TPSA) is 47.6 Å². The number of amides is 1. The van der Waals surface area contributed by atoms with Gasteiger partial charge in [-0.15, -0.1) is 0 Å². The molecule has 120 valence electrons. The Morgan fingerprint density at radius 3 is 2.57 bits per heavy atom. The van der Waals surface area contributed by atoms with Gasteiger partial charge in [0.2, 0.25) is 0 Å². The standard InChI is InChI=1S/C19H21NO3/c1-2-22-17-8-3-4-9-18(17)23-13-19(21)20-16-11-10-14-6-5-7-15(14)12-16/h3-4,8-12H,2,5-7,13H2,1H3,(H,20,21). The van der Waals surface area contributed by atoms with Gasteiger partial charge in [0, 0.05) is 5.69 Å². The number of aryl methyl sites for hydroxylation is 2. The van der Waals surface area contributed by atoms with Gasteiger partial charge in [-0.05, 0) is 61.6 Å². The van der Waals surface area contributed by atoms with E-state index < -0.39 is 0 Å². The molecular formula is C19H21NO3. The summed E-state index contributed by atoms with van der Waals surface area (Å²) >= 11 is 0. The van der Waals surface area contributed by atoms with Crippen molar-refractivity contribution in [3.63, 3.8) is 0 Å². The van der Waals surface area contributed by atoms with E-state index in [1.54, 1.807) is 6.07 Å². The second kappa shape index (κ2) is 7.18. The highest BCUT2D eigenvalue weighted by Gasteiger charge is 2.12. The van der Waals surface area contributed by atoms with Crippen LogP contribution in [0, 0.1) is 0 Å². The fourth-order valence-corrected chi connectivity index (χ4v) is 2.83. The Morgan fingerprint density at radius 1 is 1.04 bits per heavy atom. The Hall–Kier alpha value is -2.49. The molecule has 1 amide bonds. The van der Waals surface area contributed by atoms with Crippen LogP contribution in [0.4, 0.5) is 5.69 Å². The van der Waals surface area contributed by atoms with E-state index in [4.69, 9.17) is 9.47 Å². The third kappa shape index (κ3) is 3.83. The second-order valence-electron chi connectivity index (χ2n) is 5.55. The van der Waals surface area contributed by atoms with E-state index in [0.717, 1.165) is 18.5 Å². The van der Waals surface area contributed by atoms with E-state index in [2.05, 4.69) is 17.4 Å². The van der Waals surface area contributed by atoms with Gasteiger partial charge in [-0.3, -0.25) is 4.79 Å². The van der Waals surface area contributed by atoms with Crippen LogP contribution >= 0.6 is 0 Å². The number of ether oxygens (including phenoxy) is 2. The van der Waals surface area contributed by atoms with E-state index in [9.17, 15) is 4.79 Å². The van der Waals surface area contributed by atoms with Gasteiger partial charge in [0.1, 0.15) is 0 Å². The van der Waals surface area contributed by atoms with Crippen LogP contribution in [0.5, 0.6) is 11.5 Å². The lowest BCUT2D eigenvalue weighted by atomic mass is 10.1. The van der Waals surface area contributed by atoms with Crippen molar-refractivity contribution in [2.45, 2.75) is 26.2 Å². The predicted octanol–water partition coefficient (Wildman–Crippen LogP) is 3.59. The number of nitrogens with one attached hydrogen (secondary N) is 1. The lowest BCUT2D eigenvalue weighted by molar-refractivity contribution is -0.118. The molecule has 0 unspecified atom stereocenters. The Morgan fingerprint density at radius 2 is 1.78 bits per heavy atom. The van der Waals surface area contributed by atoms with E-state index in [1.807, 2.05) is 31.2 Å². The van der Waals surface area contributed by atoms with Gasteiger partial charge in [0.05, 0.1) is 6.61 Å². The number of hydrogen-bond donors (Lipinski definition) is 1. The number of rotatable bonds is 6. The van der Waals surface area contributed by atoms with Crippen molar-refractivity contribution in [1.82, 2.24) is 0 Å². The lowest BCUT2D eigenvalue weighted by Crippen LogP contribution is -2.20. The first kappa shape index (κ1) is 15.4. The average molecular weight is 311 g/mol. The van der Waals surface area contributed by atoms with Crippen LogP contribution in [0.3, 0.4) is 0 Å². The molecule has 0 aliphatic heterocycles. The van der Waals surface area contributed by atoms with Crippen LogP contribution in [0.1, 0.15) is 24.5 Å². The monoisotopic (exact) mass is 311 g/mol. The van der Waals surface area contributed by atoms with Crippen LogP contribution in [0.2, 0.25) is 0 Å². The number of anilines is 1. The van der Waals surface area contributed by atoms with Crippen LogP contribution in [0.25, 0.3) is 0 Å². The second-order valence-corrected chi connectivity index (χ2v) is 5.55. The summed E-state index contributed by atoms with van der Waals surface area (Å²) in [6.45, 7) is 2.43. The van der Waals surface area contributed by atoms with Gasteiger partial charge < -0.3 is 14.8 Å². The zero-order valence-corrected chi connectivity index (χ0v) is 13.3. The van der Waals surface area contributed by atoms with Crippen LogP contribution in [-0.2, 0) is 17.6 Å². The van der Waals surface area contributed by atoms with Crippen molar-refractivity contribution in [3.05, 3.63) is 53.6 Å². The highest BCUT2D eigenvalue weighted by molar-refractivity contribution is 5.92. The number of carbonyl (C=O) groups is 1. The van der Waals surface area contributed by atoms with Crippen molar-refractivity contribution in [3.8, 4) is 11.5 Å². The molecule has 23 heavy (non-hydrogen) atoms. The molecule has 0 heterocycles. The van der Waals surface area contributed by atoms with Crippen molar-refractivity contribution in [1.29, 1.82) is 0 Å². The Kier molecular flexibility index (Phi) is 4.81. The fraction of sp³-hybridized carbons (Fsp3) is 0.316. The summed E-state index contributed by atoms with van der Waals surface area (Å²) in [6, 6.07) is 13.5. The van der Waals surface area contributed by atoms with Gasteiger partial charge in [0.15, 0.2) is 18.1 Å². The number of carbonyl (C=O) groups excluding carboxylic acids is 1. The summed E-state index contributed by atoms with van der Waals surface area (Å²) in [5, 5.41) is 2.89. The molecule has 0 saturated carbocycles. The summed E-state index contributed by atoms with van der Waals surface area (Å²) in [6.07, 6.45) is 3.43. The Labute approximate surface area is 136 Å². The molecule has 0 fully saturated rings. The maximum Gasteiger partial charge on any atom is 0.262 e.